The van der Waals surface area contributed by atoms with Crippen molar-refractivity contribution in [2.24, 2.45) is 0 Å². The summed E-state index contributed by atoms with van der Waals surface area (Å²) in [6.07, 6.45) is 9.99. The molecule has 1 aliphatic carbocycles. The molecule has 2 N–H and O–H groups in total. The molecule has 1 aromatic rings. The average Bonchev–Trinajstić information content (AvgIpc) is 2.54. The first-order valence-corrected chi connectivity index (χ1v) is 8.68. The summed E-state index contributed by atoms with van der Waals surface area (Å²) in [5, 5.41) is 16.4. The number of anilines is 1. The maximum absolute atomic E-state index is 8.83. The van der Waals surface area contributed by atoms with Crippen molar-refractivity contribution in [3.05, 3.63) is 29.8 Å². The number of nitrogens with zero attached hydrogens (tertiary/aromatic N) is 1. The molecule has 0 amide bonds. The van der Waals surface area contributed by atoms with Gasteiger partial charge in [-0.15, -0.1) is 0 Å². The maximum atomic E-state index is 8.83. The molecule has 1 aliphatic rings. The van der Waals surface area contributed by atoms with Crippen molar-refractivity contribution in [3.63, 3.8) is 0 Å². The maximum Gasteiger partial charge on any atom is 0.171 e. The molecule has 0 aromatic heterocycles. The van der Waals surface area contributed by atoms with E-state index in [4.69, 9.17) is 17.5 Å². The molecule has 0 atom stereocenters. The van der Waals surface area contributed by atoms with E-state index in [0.29, 0.717) is 10.7 Å². The number of benzene rings is 1. The molecule has 0 bridgehead atoms. The first-order chi connectivity index (χ1) is 10.7. The van der Waals surface area contributed by atoms with Crippen LogP contribution in [0.25, 0.3) is 0 Å². The van der Waals surface area contributed by atoms with E-state index in [9.17, 15) is 0 Å². The van der Waals surface area contributed by atoms with Crippen LogP contribution in [0.15, 0.2) is 24.3 Å². The zero-order chi connectivity index (χ0) is 15.8. The number of hydrogen-bond donors (Lipinski definition) is 2. The Labute approximate surface area is 139 Å². The van der Waals surface area contributed by atoms with Crippen LogP contribution in [0.3, 0.4) is 0 Å². The van der Waals surface area contributed by atoms with Crippen molar-refractivity contribution < 1.29 is 0 Å². The van der Waals surface area contributed by atoms with Crippen LogP contribution < -0.4 is 10.6 Å². The summed E-state index contributed by atoms with van der Waals surface area (Å²) >= 11 is 5.51. The minimum atomic E-state index is 0.172. The smallest absolute Gasteiger partial charge is 0.171 e. The van der Waals surface area contributed by atoms with Crippen molar-refractivity contribution in [3.8, 4) is 6.07 Å². The van der Waals surface area contributed by atoms with E-state index < -0.39 is 0 Å². The summed E-state index contributed by atoms with van der Waals surface area (Å²) < 4.78 is 0. The highest BCUT2D eigenvalue weighted by atomic mass is 32.1. The highest BCUT2D eigenvalue weighted by molar-refractivity contribution is 7.80. The number of unbranched alkanes of at least 4 members (excludes halogenated alkanes) is 1. The van der Waals surface area contributed by atoms with Crippen LogP contribution in [0, 0.1) is 11.3 Å². The van der Waals surface area contributed by atoms with Gasteiger partial charge in [-0.05, 0) is 55.7 Å². The molecule has 0 unspecified atom stereocenters. The summed E-state index contributed by atoms with van der Waals surface area (Å²) in [5.41, 5.74) is 1.76. The number of nitrogens with one attached hydrogen (secondary N) is 2. The van der Waals surface area contributed by atoms with E-state index in [2.05, 4.69) is 23.6 Å². The summed E-state index contributed by atoms with van der Waals surface area (Å²) in [4.78, 5) is 0. The summed E-state index contributed by atoms with van der Waals surface area (Å²) in [7, 11) is 0. The van der Waals surface area contributed by atoms with Gasteiger partial charge in [0.2, 0.25) is 0 Å². The fraction of sp³-hybridized carbons (Fsp3) is 0.556. The highest BCUT2D eigenvalue weighted by Crippen LogP contribution is 2.32. The molecule has 2 rings (SSSR count). The third-order valence-corrected chi connectivity index (χ3v) is 4.67. The lowest BCUT2D eigenvalue weighted by molar-refractivity contribution is 0.244. The molecule has 0 radical (unpaired) electrons. The van der Waals surface area contributed by atoms with E-state index in [1.165, 1.54) is 51.4 Å². The largest absolute Gasteiger partial charge is 0.357 e. The fourth-order valence-electron chi connectivity index (χ4n) is 3.21. The third-order valence-electron chi connectivity index (χ3n) is 4.47. The van der Waals surface area contributed by atoms with Gasteiger partial charge in [-0.1, -0.05) is 39.0 Å². The van der Waals surface area contributed by atoms with E-state index in [0.717, 1.165) is 5.69 Å². The molecule has 1 saturated carbocycles. The van der Waals surface area contributed by atoms with Gasteiger partial charge in [0.15, 0.2) is 5.11 Å². The Morgan fingerprint density at radius 1 is 1.23 bits per heavy atom. The second-order valence-electron chi connectivity index (χ2n) is 6.21. The van der Waals surface area contributed by atoms with Gasteiger partial charge in [0.25, 0.3) is 0 Å². The zero-order valence-electron chi connectivity index (χ0n) is 13.3. The number of rotatable bonds is 5. The zero-order valence-corrected chi connectivity index (χ0v) is 14.1. The van der Waals surface area contributed by atoms with Crippen molar-refractivity contribution in [1.82, 2.24) is 5.32 Å². The van der Waals surface area contributed by atoms with Crippen molar-refractivity contribution >= 4 is 23.0 Å². The lowest BCUT2D eigenvalue weighted by Crippen LogP contribution is -2.51. The molecular formula is C18H25N3S. The van der Waals surface area contributed by atoms with Crippen molar-refractivity contribution in [1.29, 1.82) is 5.26 Å². The second kappa shape index (κ2) is 8.14. The average molecular weight is 315 g/mol. The van der Waals surface area contributed by atoms with Gasteiger partial charge < -0.3 is 10.6 Å². The van der Waals surface area contributed by atoms with Gasteiger partial charge in [0.05, 0.1) is 11.6 Å². The topological polar surface area (TPSA) is 47.8 Å². The number of hydrogen-bond acceptors (Lipinski definition) is 2. The molecule has 0 heterocycles. The van der Waals surface area contributed by atoms with Crippen LogP contribution >= 0.6 is 12.2 Å². The first kappa shape index (κ1) is 16.8. The molecule has 118 valence electrons. The summed E-state index contributed by atoms with van der Waals surface area (Å²) in [5.74, 6) is 0. The standard InChI is InChI=1S/C18H25N3S/c1-2-3-11-18(12-5-4-6-13-18)21-17(22)20-16-9-7-15(14-19)8-10-16/h7-10H,2-6,11-13H2,1H3,(H2,20,21,22). The number of thiocarbonyl (C=S) groups is 1. The van der Waals surface area contributed by atoms with Crippen LogP contribution in [-0.2, 0) is 0 Å². The Hall–Kier alpha value is -1.60. The normalized spacial score (nSPS) is 16.5. The van der Waals surface area contributed by atoms with Gasteiger partial charge in [-0.25, -0.2) is 0 Å². The lowest BCUT2D eigenvalue weighted by Gasteiger charge is -2.39. The van der Waals surface area contributed by atoms with E-state index in [-0.39, 0.29) is 5.54 Å². The van der Waals surface area contributed by atoms with Gasteiger partial charge >= 0.3 is 0 Å². The van der Waals surface area contributed by atoms with Gasteiger partial charge in [-0.2, -0.15) is 5.26 Å². The molecule has 1 fully saturated rings. The van der Waals surface area contributed by atoms with Crippen LogP contribution in [-0.4, -0.2) is 10.7 Å². The van der Waals surface area contributed by atoms with Crippen molar-refractivity contribution in [2.75, 3.05) is 5.32 Å². The van der Waals surface area contributed by atoms with E-state index >= 15 is 0 Å². The third kappa shape index (κ3) is 4.71. The van der Waals surface area contributed by atoms with E-state index in [1.54, 1.807) is 12.1 Å². The Balaban J connectivity index is 1.96. The van der Waals surface area contributed by atoms with Crippen LogP contribution in [0.5, 0.6) is 0 Å². The molecule has 22 heavy (non-hydrogen) atoms. The predicted molar refractivity (Wildman–Crippen MR) is 95.9 cm³/mol. The molecule has 3 nitrogen and oxygen atoms in total. The minimum Gasteiger partial charge on any atom is -0.357 e. The highest BCUT2D eigenvalue weighted by Gasteiger charge is 2.31. The quantitative estimate of drug-likeness (QED) is 0.771. The van der Waals surface area contributed by atoms with Crippen LogP contribution in [0.4, 0.5) is 5.69 Å². The Kier molecular flexibility index (Phi) is 6.21. The van der Waals surface area contributed by atoms with Crippen molar-refractivity contribution in [2.45, 2.75) is 63.8 Å². The van der Waals surface area contributed by atoms with Gasteiger partial charge in [0.1, 0.15) is 0 Å². The Morgan fingerprint density at radius 2 is 1.91 bits per heavy atom. The van der Waals surface area contributed by atoms with Crippen LogP contribution in [0.2, 0.25) is 0 Å². The van der Waals surface area contributed by atoms with Gasteiger partial charge in [-0.3, -0.25) is 0 Å². The predicted octanol–water partition coefficient (Wildman–Crippen LogP) is 4.74. The summed E-state index contributed by atoms with van der Waals surface area (Å²) in [6, 6.07) is 9.52. The first-order valence-electron chi connectivity index (χ1n) is 8.27. The molecule has 0 spiro atoms. The molecule has 0 saturated heterocycles. The SMILES string of the molecule is CCCCC1(NC(=S)Nc2ccc(C#N)cc2)CCCCC1. The molecular weight excluding hydrogens is 290 g/mol. The molecule has 1 aromatic carbocycles. The second-order valence-corrected chi connectivity index (χ2v) is 6.62. The summed E-state index contributed by atoms with van der Waals surface area (Å²) in [6.45, 7) is 2.24. The molecule has 0 aliphatic heterocycles. The van der Waals surface area contributed by atoms with Crippen LogP contribution in [0.1, 0.15) is 63.9 Å². The minimum absolute atomic E-state index is 0.172. The fourth-order valence-corrected chi connectivity index (χ4v) is 3.55. The molecule has 4 heteroatoms. The number of nitriles is 1. The Morgan fingerprint density at radius 3 is 2.50 bits per heavy atom. The lowest BCUT2D eigenvalue weighted by atomic mass is 9.78. The monoisotopic (exact) mass is 315 g/mol. The Bertz CT molecular complexity index is 524. The van der Waals surface area contributed by atoms with E-state index in [1.807, 2.05) is 12.1 Å². The van der Waals surface area contributed by atoms with Gasteiger partial charge in [0, 0.05) is 11.2 Å².